The highest BCUT2D eigenvalue weighted by Gasteiger charge is 2.36. The fourth-order valence-corrected chi connectivity index (χ4v) is 4.21. The van der Waals surface area contributed by atoms with Crippen molar-refractivity contribution in [3.63, 3.8) is 0 Å². The van der Waals surface area contributed by atoms with Gasteiger partial charge in [-0.05, 0) is 29.8 Å². The molecule has 4 aromatic rings. The van der Waals surface area contributed by atoms with Crippen LogP contribution in [0.1, 0.15) is 33.3 Å². The van der Waals surface area contributed by atoms with Gasteiger partial charge >= 0.3 is 0 Å². The predicted molar refractivity (Wildman–Crippen MR) is 122 cm³/mol. The third kappa shape index (κ3) is 4.07. The van der Waals surface area contributed by atoms with Crippen molar-refractivity contribution in [2.75, 3.05) is 13.7 Å². The van der Waals surface area contributed by atoms with Crippen molar-refractivity contribution in [1.29, 1.82) is 0 Å². The highest BCUT2D eigenvalue weighted by Crippen LogP contribution is 2.29. The maximum atomic E-state index is 13.3. The Morgan fingerprint density at radius 2 is 1.97 bits per heavy atom. The highest BCUT2D eigenvalue weighted by atomic mass is 16.5. The molecule has 0 bridgehead atoms. The number of carbonyl (C=O) groups excluding carboxylic acids is 2. The Morgan fingerprint density at radius 1 is 1.18 bits per heavy atom. The van der Waals surface area contributed by atoms with Gasteiger partial charge in [0.1, 0.15) is 11.3 Å². The molecule has 33 heavy (non-hydrogen) atoms. The van der Waals surface area contributed by atoms with E-state index in [2.05, 4.69) is 10.4 Å². The monoisotopic (exact) mass is 444 g/mol. The van der Waals surface area contributed by atoms with E-state index in [9.17, 15) is 9.59 Å². The molecule has 2 aromatic carbocycles. The van der Waals surface area contributed by atoms with Crippen LogP contribution in [0.25, 0.3) is 11.0 Å². The third-order valence-electron chi connectivity index (χ3n) is 5.90. The molecule has 5 rings (SSSR count). The summed E-state index contributed by atoms with van der Waals surface area (Å²) in [5.41, 5.74) is 3.18. The quantitative estimate of drug-likeness (QED) is 0.511. The molecule has 1 atom stereocenters. The van der Waals surface area contributed by atoms with Crippen LogP contribution >= 0.6 is 0 Å². The minimum atomic E-state index is -0.568. The largest absolute Gasteiger partial charge is 0.497 e. The molecule has 1 unspecified atom stereocenters. The van der Waals surface area contributed by atoms with Crippen molar-refractivity contribution in [2.45, 2.75) is 19.0 Å². The fraction of sp³-hybridized carbons (Fsp3) is 0.240. The first kappa shape index (κ1) is 20.8. The standard InChI is InChI=1S/C25H24N4O4/c1-28-13-18-14-29(25(31)22-11-17-5-3-4-6-21(17)33-22)15-20(23(18)27-28)24(30)26-12-16-7-9-19(32-2)10-8-16/h3-11,13,20H,12,14-15H2,1-2H3,(H,26,30). The highest BCUT2D eigenvalue weighted by molar-refractivity contribution is 5.97. The van der Waals surface area contributed by atoms with E-state index in [1.165, 1.54) is 0 Å². The molecule has 8 heteroatoms. The van der Waals surface area contributed by atoms with Gasteiger partial charge in [-0.3, -0.25) is 14.3 Å². The summed E-state index contributed by atoms with van der Waals surface area (Å²) < 4.78 is 12.6. The molecule has 2 aromatic heterocycles. The average Bonchev–Trinajstić information content (AvgIpc) is 3.44. The van der Waals surface area contributed by atoms with Crippen LogP contribution in [0.4, 0.5) is 0 Å². The molecular weight excluding hydrogens is 420 g/mol. The van der Waals surface area contributed by atoms with E-state index in [1.807, 2.05) is 61.8 Å². The van der Waals surface area contributed by atoms with Gasteiger partial charge in [0.05, 0.1) is 18.7 Å². The number of furan rings is 1. The zero-order valence-corrected chi connectivity index (χ0v) is 18.4. The first-order valence-electron chi connectivity index (χ1n) is 10.7. The summed E-state index contributed by atoms with van der Waals surface area (Å²) in [4.78, 5) is 28.1. The van der Waals surface area contributed by atoms with Crippen molar-refractivity contribution < 1.29 is 18.7 Å². The number of para-hydroxylation sites is 1. The Labute approximate surface area is 190 Å². The molecule has 0 radical (unpaired) electrons. The van der Waals surface area contributed by atoms with Gasteiger partial charge in [0.25, 0.3) is 5.91 Å². The lowest BCUT2D eigenvalue weighted by Crippen LogP contribution is -2.43. The molecule has 8 nitrogen and oxygen atoms in total. The number of aryl methyl sites for hydroxylation is 1. The fourth-order valence-electron chi connectivity index (χ4n) is 4.21. The lowest BCUT2D eigenvalue weighted by Gasteiger charge is -2.30. The zero-order chi connectivity index (χ0) is 22.9. The summed E-state index contributed by atoms with van der Waals surface area (Å²) >= 11 is 0. The molecule has 168 valence electrons. The number of benzene rings is 2. The van der Waals surface area contributed by atoms with E-state index >= 15 is 0 Å². The molecule has 3 heterocycles. The summed E-state index contributed by atoms with van der Waals surface area (Å²) in [6, 6.07) is 16.8. The van der Waals surface area contributed by atoms with Crippen LogP contribution in [0.15, 0.2) is 65.2 Å². The van der Waals surface area contributed by atoms with Gasteiger partial charge in [0.15, 0.2) is 5.76 Å². The number of carbonyl (C=O) groups is 2. The van der Waals surface area contributed by atoms with Crippen molar-refractivity contribution in [3.8, 4) is 5.75 Å². The van der Waals surface area contributed by atoms with Crippen LogP contribution in [0, 0.1) is 0 Å². The van der Waals surface area contributed by atoms with E-state index < -0.39 is 5.92 Å². The maximum absolute atomic E-state index is 13.3. The third-order valence-corrected chi connectivity index (χ3v) is 5.90. The van der Waals surface area contributed by atoms with E-state index in [-0.39, 0.29) is 24.1 Å². The number of amides is 2. The molecule has 1 N–H and O–H groups in total. The minimum Gasteiger partial charge on any atom is -0.497 e. The molecular formula is C25H24N4O4. The number of fused-ring (bicyclic) bond motifs is 2. The van der Waals surface area contributed by atoms with E-state index in [1.54, 1.807) is 22.8 Å². The van der Waals surface area contributed by atoms with Crippen molar-refractivity contribution in [2.24, 2.45) is 7.05 Å². The van der Waals surface area contributed by atoms with Crippen LogP contribution in [0.3, 0.4) is 0 Å². The van der Waals surface area contributed by atoms with Gasteiger partial charge in [-0.1, -0.05) is 30.3 Å². The number of nitrogens with one attached hydrogen (secondary N) is 1. The number of rotatable bonds is 5. The topological polar surface area (TPSA) is 89.6 Å². The first-order chi connectivity index (χ1) is 16.0. The van der Waals surface area contributed by atoms with Gasteiger partial charge in [-0.15, -0.1) is 0 Å². The van der Waals surface area contributed by atoms with Crippen LogP contribution in [0.5, 0.6) is 5.75 Å². The number of methoxy groups -OCH3 is 1. The molecule has 0 saturated heterocycles. The van der Waals surface area contributed by atoms with Gasteiger partial charge < -0.3 is 19.4 Å². The molecule has 1 aliphatic heterocycles. The molecule has 0 saturated carbocycles. The van der Waals surface area contributed by atoms with Crippen molar-refractivity contribution in [1.82, 2.24) is 20.0 Å². The zero-order valence-electron chi connectivity index (χ0n) is 18.4. The Morgan fingerprint density at radius 3 is 2.73 bits per heavy atom. The van der Waals surface area contributed by atoms with Crippen LogP contribution < -0.4 is 10.1 Å². The van der Waals surface area contributed by atoms with E-state index in [4.69, 9.17) is 9.15 Å². The SMILES string of the molecule is COc1ccc(CNC(=O)C2CN(C(=O)c3cc4ccccc4o3)Cc3cn(C)nc32)cc1. The molecule has 2 amide bonds. The molecule has 0 aliphatic carbocycles. The maximum Gasteiger partial charge on any atom is 0.289 e. The van der Waals surface area contributed by atoms with Crippen molar-refractivity contribution in [3.05, 3.63) is 83.4 Å². The van der Waals surface area contributed by atoms with Crippen LogP contribution in [-0.2, 0) is 24.9 Å². The summed E-state index contributed by atoms with van der Waals surface area (Å²) in [5.74, 6) is 0.0409. The van der Waals surface area contributed by atoms with Gasteiger partial charge in [-0.25, -0.2) is 0 Å². The van der Waals surface area contributed by atoms with E-state index in [0.717, 1.165) is 22.3 Å². The van der Waals surface area contributed by atoms with E-state index in [0.29, 0.717) is 24.4 Å². The number of ether oxygens (including phenoxy) is 1. The number of aromatic nitrogens is 2. The Bertz CT molecular complexity index is 1290. The van der Waals surface area contributed by atoms with Crippen LogP contribution in [0.2, 0.25) is 0 Å². The average molecular weight is 444 g/mol. The Hall–Kier alpha value is -4.07. The van der Waals surface area contributed by atoms with Crippen LogP contribution in [-0.4, -0.2) is 40.1 Å². The lowest BCUT2D eigenvalue weighted by molar-refractivity contribution is -0.123. The number of hydrogen-bond acceptors (Lipinski definition) is 5. The summed E-state index contributed by atoms with van der Waals surface area (Å²) in [6.45, 7) is 0.981. The minimum absolute atomic E-state index is 0.173. The van der Waals surface area contributed by atoms with Gasteiger partial charge in [-0.2, -0.15) is 5.10 Å². The summed E-state index contributed by atoms with van der Waals surface area (Å²) in [7, 11) is 3.43. The Kier molecular flexibility index (Phi) is 5.34. The summed E-state index contributed by atoms with van der Waals surface area (Å²) in [5, 5.41) is 8.37. The second kappa shape index (κ2) is 8.46. The second-order valence-corrected chi connectivity index (χ2v) is 8.17. The number of nitrogens with zero attached hydrogens (tertiary/aromatic N) is 3. The van der Waals surface area contributed by atoms with Crippen molar-refractivity contribution >= 4 is 22.8 Å². The second-order valence-electron chi connectivity index (χ2n) is 8.17. The smallest absolute Gasteiger partial charge is 0.289 e. The Balaban J connectivity index is 1.35. The molecule has 0 fully saturated rings. The normalized spacial score (nSPS) is 15.3. The summed E-state index contributed by atoms with van der Waals surface area (Å²) in [6.07, 6.45) is 1.86. The molecule has 0 spiro atoms. The first-order valence-corrected chi connectivity index (χ1v) is 10.7. The molecule has 1 aliphatic rings. The van der Waals surface area contributed by atoms with Gasteiger partial charge in [0.2, 0.25) is 5.91 Å². The van der Waals surface area contributed by atoms with Gasteiger partial charge in [0, 0.05) is 43.8 Å². The number of hydrogen-bond donors (Lipinski definition) is 1. The lowest BCUT2D eigenvalue weighted by atomic mass is 9.95. The predicted octanol–water partition coefficient (Wildman–Crippen LogP) is 3.23.